The average Bonchev–Trinajstić information content (AvgIpc) is 2.70. The number of thioether (sulfide) groups is 1. The van der Waals surface area contributed by atoms with E-state index >= 15 is 0 Å². The Balaban J connectivity index is 1.62. The summed E-state index contributed by atoms with van der Waals surface area (Å²) in [7, 11) is 0. The van der Waals surface area contributed by atoms with E-state index in [-0.39, 0.29) is 17.2 Å². The fraction of sp³-hybridized carbons (Fsp3) is 0.300. The lowest BCUT2D eigenvalue weighted by Gasteiger charge is -2.26. The quantitative estimate of drug-likeness (QED) is 0.615. The van der Waals surface area contributed by atoms with Crippen LogP contribution in [0.15, 0.2) is 42.5 Å². The lowest BCUT2D eigenvalue weighted by molar-refractivity contribution is -0.385. The van der Waals surface area contributed by atoms with Gasteiger partial charge in [-0.15, -0.1) is 0 Å². The van der Waals surface area contributed by atoms with Crippen molar-refractivity contribution in [3.05, 3.63) is 69.3 Å². The third-order valence-electron chi connectivity index (χ3n) is 4.60. The summed E-state index contributed by atoms with van der Waals surface area (Å²) < 4.78 is 0. The van der Waals surface area contributed by atoms with E-state index < -0.39 is 10.8 Å². The van der Waals surface area contributed by atoms with E-state index in [1.165, 1.54) is 6.07 Å². The van der Waals surface area contributed by atoms with Crippen molar-refractivity contribution >= 4 is 35.0 Å². The summed E-state index contributed by atoms with van der Waals surface area (Å²) in [5.74, 6) is 1.66. The van der Waals surface area contributed by atoms with E-state index in [4.69, 9.17) is 0 Å². The number of carbonyl (C=O) groups is 2. The van der Waals surface area contributed by atoms with Crippen LogP contribution in [0.3, 0.4) is 0 Å². The van der Waals surface area contributed by atoms with E-state index in [9.17, 15) is 19.7 Å². The summed E-state index contributed by atoms with van der Waals surface area (Å²) >= 11 is 1.86. The van der Waals surface area contributed by atoms with Crippen LogP contribution in [0.4, 0.5) is 11.4 Å². The first-order valence-electron chi connectivity index (χ1n) is 8.95. The molecule has 2 amide bonds. The van der Waals surface area contributed by atoms with Gasteiger partial charge in [0.15, 0.2) is 0 Å². The maximum atomic E-state index is 12.4. The third-order valence-corrected chi connectivity index (χ3v) is 5.54. The number of rotatable bonds is 5. The smallest absolute Gasteiger partial charge is 0.273 e. The second-order valence-corrected chi connectivity index (χ2v) is 7.80. The van der Waals surface area contributed by atoms with Gasteiger partial charge in [0.2, 0.25) is 5.91 Å². The van der Waals surface area contributed by atoms with Crippen LogP contribution in [-0.4, -0.2) is 46.2 Å². The predicted molar refractivity (Wildman–Crippen MR) is 110 cm³/mol. The van der Waals surface area contributed by atoms with Crippen molar-refractivity contribution in [3.8, 4) is 0 Å². The Morgan fingerprint density at radius 3 is 2.46 bits per heavy atom. The number of carbonyl (C=O) groups excluding carboxylic acids is 2. The van der Waals surface area contributed by atoms with Gasteiger partial charge in [-0.05, 0) is 30.7 Å². The molecule has 0 bridgehead atoms. The Bertz CT molecular complexity index is 893. The first-order valence-corrected chi connectivity index (χ1v) is 10.1. The Morgan fingerprint density at radius 1 is 1.14 bits per heavy atom. The molecule has 0 saturated carbocycles. The van der Waals surface area contributed by atoms with Crippen molar-refractivity contribution in [1.29, 1.82) is 0 Å². The number of anilines is 1. The molecule has 0 unspecified atom stereocenters. The monoisotopic (exact) mass is 399 g/mol. The number of hydrogen-bond donors (Lipinski definition) is 1. The topological polar surface area (TPSA) is 92.6 Å². The minimum Gasteiger partial charge on any atom is -0.341 e. The van der Waals surface area contributed by atoms with Crippen molar-refractivity contribution in [3.63, 3.8) is 0 Å². The van der Waals surface area contributed by atoms with E-state index in [0.717, 1.165) is 30.2 Å². The Kier molecular flexibility index (Phi) is 6.30. The van der Waals surface area contributed by atoms with Crippen LogP contribution in [0, 0.1) is 17.0 Å². The van der Waals surface area contributed by atoms with E-state index in [2.05, 4.69) is 5.32 Å². The Labute approximate surface area is 167 Å². The van der Waals surface area contributed by atoms with Crippen LogP contribution in [0.1, 0.15) is 21.5 Å². The first-order chi connectivity index (χ1) is 13.4. The highest BCUT2D eigenvalue weighted by molar-refractivity contribution is 7.99. The molecule has 1 aliphatic heterocycles. The zero-order chi connectivity index (χ0) is 20.1. The van der Waals surface area contributed by atoms with Gasteiger partial charge < -0.3 is 10.2 Å². The molecule has 1 N–H and O–H groups in total. The average molecular weight is 399 g/mol. The third kappa shape index (κ3) is 4.89. The minimum absolute atomic E-state index is 0.0855. The summed E-state index contributed by atoms with van der Waals surface area (Å²) in [4.78, 5) is 37.1. The molecule has 3 rings (SSSR count). The number of aryl methyl sites for hydroxylation is 1. The predicted octanol–water partition coefficient (Wildman–Crippen LogP) is 3.27. The highest BCUT2D eigenvalue weighted by atomic mass is 32.2. The van der Waals surface area contributed by atoms with Crippen LogP contribution in [0.2, 0.25) is 0 Å². The fourth-order valence-electron chi connectivity index (χ4n) is 2.96. The van der Waals surface area contributed by atoms with Crippen molar-refractivity contribution in [2.45, 2.75) is 13.3 Å². The van der Waals surface area contributed by atoms with Gasteiger partial charge >= 0.3 is 0 Å². The molecule has 8 heteroatoms. The largest absolute Gasteiger partial charge is 0.341 e. The van der Waals surface area contributed by atoms with Crippen LogP contribution in [0.5, 0.6) is 0 Å². The summed E-state index contributed by atoms with van der Waals surface area (Å²) in [6, 6.07) is 11.5. The summed E-state index contributed by atoms with van der Waals surface area (Å²) in [5.41, 5.74) is 2.09. The summed E-state index contributed by atoms with van der Waals surface area (Å²) in [5, 5.41) is 13.8. The zero-order valence-electron chi connectivity index (χ0n) is 15.5. The lowest BCUT2D eigenvalue weighted by Crippen LogP contribution is -2.38. The number of hydrogen-bond acceptors (Lipinski definition) is 5. The van der Waals surface area contributed by atoms with E-state index in [0.29, 0.717) is 17.7 Å². The fourth-order valence-corrected chi connectivity index (χ4v) is 3.86. The molecule has 1 heterocycles. The Morgan fingerprint density at radius 2 is 1.82 bits per heavy atom. The van der Waals surface area contributed by atoms with Gasteiger partial charge in [0.05, 0.1) is 11.3 Å². The molecule has 2 aromatic rings. The number of amides is 2. The molecule has 0 spiro atoms. The van der Waals surface area contributed by atoms with Crippen LogP contribution >= 0.6 is 11.8 Å². The van der Waals surface area contributed by atoms with E-state index in [1.54, 1.807) is 31.2 Å². The van der Waals surface area contributed by atoms with Crippen LogP contribution in [0.25, 0.3) is 0 Å². The molecule has 0 atom stereocenters. The van der Waals surface area contributed by atoms with Gasteiger partial charge in [0.1, 0.15) is 0 Å². The highest BCUT2D eigenvalue weighted by Crippen LogP contribution is 2.20. The second-order valence-electron chi connectivity index (χ2n) is 6.58. The van der Waals surface area contributed by atoms with Gasteiger partial charge in [0.25, 0.3) is 11.6 Å². The molecule has 7 nitrogen and oxygen atoms in total. The Hall–Kier alpha value is -2.87. The highest BCUT2D eigenvalue weighted by Gasteiger charge is 2.17. The van der Waals surface area contributed by atoms with Crippen molar-refractivity contribution < 1.29 is 14.5 Å². The lowest BCUT2D eigenvalue weighted by atomic mass is 10.1. The maximum absolute atomic E-state index is 12.4. The molecular weight excluding hydrogens is 378 g/mol. The van der Waals surface area contributed by atoms with Gasteiger partial charge in [-0.3, -0.25) is 19.7 Å². The van der Waals surface area contributed by atoms with Gasteiger partial charge in [-0.1, -0.05) is 18.2 Å². The van der Waals surface area contributed by atoms with Gasteiger partial charge in [0, 0.05) is 47.5 Å². The minimum atomic E-state index is -0.501. The maximum Gasteiger partial charge on any atom is 0.273 e. The number of benzene rings is 2. The molecule has 1 saturated heterocycles. The number of nitro benzene ring substituents is 1. The number of nitrogens with zero attached hydrogens (tertiary/aromatic N) is 2. The molecule has 0 aliphatic carbocycles. The first kappa shape index (κ1) is 19.9. The SMILES string of the molecule is Cc1ccc(C(=O)Nc2ccc(CC(=O)N3CCSCC3)cc2)cc1[N+](=O)[O-]. The van der Waals surface area contributed by atoms with Gasteiger partial charge in [-0.2, -0.15) is 11.8 Å². The normalized spacial score (nSPS) is 13.8. The molecule has 2 aromatic carbocycles. The summed E-state index contributed by atoms with van der Waals surface area (Å²) in [6.07, 6.45) is 0.336. The van der Waals surface area contributed by atoms with Crippen molar-refractivity contribution in [2.24, 2.45) is 0 Å². The number of nitrogens with one attached hydrogen (secondary N) is 1. The number of nitro groups is 1. The standard InChI is InChI=1S/C20H21N3O4S/c1-14-2-5-16(13-18(14)23(26)27)20(25)21-17-6-3-15(4-7-17)12-19(24)22-8-10-28-11-9-22/h2-7,13H,8-12H2,1H3,(H,21,25). The van der Waals surface area contributed by atoms with Crippen LogP contribution < -0.4 is 5.32 Å². The second kappa shape index (κ2) is 8.88. The van der Waals surface area contributed by atoms with Crippen molar-refractivity contribution in [2.75, 3.05) is 29.9 Å². The molecule has 146 valence electrons. The molecule has 1 fully saturated rings. The molecule has 28 heavy (non-hydrogen) atoms. The van der Waals surface area contributed by atoms with E-state index in [1.807, 2.05) is 28.8 Å². The van der Waals surface area contributed by atoms with Crippen molar-refractivity contribution in [1.82, 2.24) is 4.90 Å². The van der Waals surface area contributed by atoms with Crippen LogP contribution in [-0.2, 0) is 11.2 Å². The molecule has 0 aromatic heterocycles. The van der Waals surface area contributed by atoms with Gasteiger partial charge in [-0.25, -0.2) is 0 Å². The zero-order valence-corrected chi connectivity index (χ0v) is 16.3. The molecule has 1 aliphatic rings. The molecule has 0 radical (unpaired) electrons. The summed E-state index contributed by atoms with van der Waals surface area (Å²) in [6.45, 7) is 3.21. The molecular formula is C20H21N3O4S.